The first-order valence-corrected chi connectivity index (χ1v) is 16.7. The molecule has 0 unspecified atom stereocenters. The Kier molecular flexibility index (Phi) is 6.42. The van der Waals surface area contributed by atoms with Crippen LogP contribution in [0.15, 0.2) is 174 Å². The fraction of sp³-hybridized carbons (Fsp3) is 0. The number of fused-ring (bicyclic) bond motifs is 7. The average Bonchev–Trinajstić information content (AvgIpc) is 3.74. The van der Waals surface area contributed by atoms with E-state index in [1.165, 1.54) is 0 Å². The highest BCUT2D eigenvalue weighted by Gasteiger charge is 2.21. The Morgan fingerprint density at radius 1 is 0.360 bits per heavy atom. The van der Waals surface area contributed by atoms with E-state index in [4.69, 9.17) is 19.4 Å². The Bertz CT molecular complexity index is 2850. The lowest BCUT2D eigenvalue weighted by molar-refractivity contribution is 0.669. The molecule has 3 aromatic heterocycles. The predicted octanol–water partition coefficient (Wildman–Crippen LogP) is 11.5. The number of hydrogen-bond acceptors (Lipinski definition) is 4. The number of benzene rings is 7. The summed E-state index contributed by atoms with van der Waals surface area (Å²) in [4.78, 5) is 15.5. The van der Waals surface area contributed by atoms with Crippen LogP contribution < -0.4 is 0 Å². The molecule has 0 saturated carbocycles. The van der Waals surface area contributed by atoms with Crippen molar-refractivity contribution in [2.75, 3.05) is 0 Å². The Hall–Kier alpha value is -6.85. The van der Waals surface area contributed by atoms with Crippen molar-refractivity contribution in [2.45, 2.75) is 0 Å². The van der Waals surface area contributed by atoms with Crippen LogP contribution in [0.1, 0.15) is 0 Å². The van der Waals surface area contributed by atoms with Crippen molar-refractivity contribution in [3.8, 4) is 51.0 Å². The van der Waals surface area contributed by atoms with E-state index in [9.17, 15) is 0 Å². The summed E-state index contributed by atoms with van der Waals surface area (Å²) in [5, 5.41) is 4.41. The Morgan fingerprint density at radius 2 is 0.940 bits per heavy atom. The second-order valence-corrected chi connectivity index (χ2v) is 12.5. The summed E-state index contributed by atoms with van der Waals surface area (Å²) in [7, 11) is 0. The zero-order chi connectivity index (χ0) is 33.0. The van der Waals surface area contributed by atoms with Crippen molar-refractivity contribution in [1.82, 2.24) is 19.5 Å². The number of aromatic nitrogens is 4. The van der Waals surface area contributed by atoms with E-state index in [0.29, 0.717) is 17.6 Å². The lowest BCUT2D eigenvalue weighted by Crippen LogP contribution is -2.06. The van der Waals surface area contributed by atoms with E-state index >= 15 is 0 Å². The lowest BCUT2D eigenvalue weighted by atomic mass is 10.0. The van der Waals surface area contributed by atoms with Crippen molar-refractivity contribution in [3.63, 3.8) is 0 Å². The van der Waals surface area contributed by atoms with Gasteiger partial charge in [0.15, 0.2) is 11.6 Å². The summed E-state index contributed by atoms with van der Waals surface area (Å²) >= 11 is 0. The predicted molar refractivity (Wildman–Crippen MR) is 203 cm³/mol. The highest BCUT2D eigenvalue weighted by molar-refractivity contribution is 6.27. The average molecular weight is 641 g/mol. The van der Waals surface area contributed by atoms with Crippen LogP contribution in [0, 0.1) is 0 Å². The molecule has 10 rings (SSSR count). The van der Waals surface area contributed by atoms with Crippen molar-refractivity contribution < 1.29 is 4.42 Å². The van der Waals surface area contributed by atoms with E-state index < -0.39 is 0 Å². The summed E-state index contributed by atoms with van der Waals surface area (Å²) < 4.78 is 8.48. The maximum atomic E-state index is 6.32. The zero-order valence-electron chi connectivity index (χ0n) is 26.9. The van der Waals surface area contributed by atoms with Gasteiger partial charge in [0.1, 0.15) is 11.2 Å². The van der Waals surface area contributed by atoms with Gasteiger partial charge in [0.05, 0.1) is 11.0 Å². The van der Waals surface area contributed by atoms with E-state index in [-0.39, 0.29) is 0 Å². The van der Waals surface area contributed by atoms with Gasteiger partial charge in [-0.05, 0) is 52.6 Å². The minimum atomic E-state index is 0.556. The molecular formula is C45H28N4O. The molecular weight excluding hydrogens is 613 g/mol. The van der Waals surface area contributed by atoms with E-state index in [1.807, 2.05) is 24.3 Å². The summed E-state index contributed by atoms with van der Waals surface area (Å²) in [5.41, 5.74) is 10.1. The number of nitrogens with zero attached hydrogens (tertiary/aromatic N) is 4. The Morgan fingerprint density at radius 3 is 1.72 bits per heavy atom. The molecule has 0 aliphatic carbocycles. The van der Waals surface area contributed by atoms with Gasteiger partial charge in [-0.15, -0.1) is 0 Å². The third-order valence-corrected chi connectivity index (χ3v) is 9.48. The molecule has 0 atom stereocenters. The molecule has 50 heavy (non-hydrogen) atoms. The number of para-hydroxylation sites is 2. The van der Waals surface area contributed by atoms with Crippen LogP contribution in [0.2, 0.25) is 0 Å². The molecule has 3 heterocycles. The molecule has 10 aromatic rings. The van der Waals surface area contributed by atoms with Gasteiger partial charge < -0.3 is 4.42 Å². The maximum absolute atomic E-state index is 6.32. The Balaban J connectivity index is 1.23. The first kappa shape index (κ1) is 28.2. The van der Waals surface area contributed by atoms with Crippen molar-refractivity contribution >= 4 is 43.7 Å². The van der Waals surface area contributed by atoms with Crippen LogP contribution in [0.5, 0.6) is 0 Å². The minimum absolute atomic E-state index is 0.556. The maximum Gasteiger partial charge on any atom is 0.238 e. The van der Waals surface area contributed by atoms with Crippen molar-refractivity contribution in [2.24, 2.45) is 0 Å². The number of furan rings is 1. The quantitative estimate of drug-likeness (QED) is 0.188. The molecule has 0 N–H and O–H groups in total. The van der Waals surface area contributed by atoms with Crippen LogP contribution in [-0.2, 0) is 0 Å². The zero-order valence-corrected chi connectivity index (χ0v) is 26.9. The number of hydrogen-bond donors (Lipinski definition) is 0. The van der Waals surface area contributed by atoms with Gasteiger partial charge in [-0.2, -0.15) is 9.97 Å². The Labute approximate surface area is 287 Å². The van der Waals surface area contributed by atoms with Gasteiger partial charge in [-0.3, -0.25) is 4.57 Å². The molecule has 7 aromatic carbocycles. The summed E-state index contributed by atoms with van der Waals surface area (Å²) in [6, 6.07) is 58.5. The van der Waals surface area contributed by atoms with Crippen molar-refractivity contribution in [3.05, 3.63) is 170 Å². The molecule has 0 saturated heterocycles. The van der Waals surface area contributed by atoms with Gasteiger partial charge in [0.25, 0.3) is 0 Å². The van der Waals surface area contributed by atoms with Crippen LogP contribution in [0.3, 0.4) is 0 Å². The van der Waals surface area contributed by atoms with Crippen LogP contribution >= 0.6 is 0 Å². The molecule has 5 nitrogen and oxygen atoms in total. The van der Waals surface area contributed by atoms with Gasteiger partial charge in [-0.1, -0.05) is 140 Å². The minimum Gasteiger partial charge on any atom is -0.456 e. The standard InChI is InChI=1S/C45H28N4O/c1-3-12-29(13-4-1)31-22-24-32(25-23-31)43-46-44(34-17-11-16-33(28-34)30-14-5-2-6-15-30)48-45(47-43)49-37-20-9-7-18-35(37)41-38(49)26-27-40-42(41)36-19-8-10-21-39(36)50-40/h1-28H. The third-order valence-electron chi connectivity index (χ3n) is 9.48. The first-order chi connectivity index (χ1) is 24.8. The molecule has 234 valence electrons. The monoisotopic (exact) mass is 640 g/mol. The van der Waals surface area contributed by atoms with Crippen LogP contribution in [-0.4, -0.2) is 19.5 Å². The molecule has 0 fully saturated rings. The van der Waals surface area contributed by atoms with Crippen LogP contribution in [0.25, 0.3) is 94.7 Å². The van der Waals surface area contributed by atoms with Gasteiger partial charge >= 0.3 is 0 Å². The van der Waals surface area contributed by atoms with Gasteiger partial charge in [0.2, 0.25) is 5.95 Å². The molecule has 0 aliphatic rings. The first-order valence-electron chi connectivity index (χ1n) is 16.7. The summed E-state index contributed by atoms with van der Waals surface area (Å²) in [5.74, 6) is 1.77. The fourth-order valence-electron chi connectivity index (χ4n) is 7.12. The van der Waals surface area contributed by atoms with E-state index in [0.717, 1.165) is 77.1 Å². The van der Waals surface area contributed by atoms with Crippen LogP contribution in [0.4, 0.5) is 0 Å². The molecule has 0 radical (unpaired) electrons. The SMILES string of the molecule is c1ccc(-c2ccc(-c3nc(-c4cccc(-c5ccccc5)c4)nc(-n4c5ccccc5c5c6c(ccc54)oc4ccccc46)n3)cc2)cc1. The number of rotatable bonds is 5. The summed E-state index contributed by atoms with van der Waals surface area (Å²) in [6.45, 7) is 0. The van der Waals surface area contributed by atoms with Gasteiger partial charge in [0, 0.05) is 32.7 Å². The van der Waals surface area contributed by atoms with Crippen molar-refractivity contribution in [1.29, 1.82) is 0 Å². The smallest absolute Gasteiger partial charge is 0.238 e. The van der Waals surface area contributed by atoms with E-state index in [1.54, 1.807) is 0 Å². The molecule has 0 spiro atoms. The molecule has 0 aliphatic heterocycles. The molecule has 0 amide bonds. The topological polar surface area (TPSA) is 56.7 Å². The summed E-state index contributed by atoms with van der Waals surface area (Å²) in [6.07, 6.45) is 0. The highest BCUT2D eigenvalue weighted by atomic mass is 16.3. The fourth-order valence-corrected chi connectivity index (χ4v) is 7.12. The normalized spacial score (nSPS) is 11.6. The highest BCUT2D eigenvalue weighted by Crippen LogP contribution is 2.41. The largest absolute Gasteiger partial charge is 0.456 e. The van der Waals surface area contributed by atoms with Gasteiger partial charge in [-0.25, -0.2) is 4.98 Å². The molecule has 5 heteroatoms. The lowest BCUT2D eigenvalue weighted by Gasteiger charge is -2.12. The van der Waals surface area contributed by atoms with E-state index in [2.05, 4.69) is 150 Å². The second kappa shape index (κ2) is 11.4. The third kappa shape index (κ3) is 4.60. The second-order valence-electron chi connectivity index (χ2n) is 12.5. The molecule has 0 bridgehead atoms.